The van der Waals surface area contributed by atoms with Crippen LogP contribution in [0.5, 0.6) is 0 Å². The molecule has 1 rings (SSSR count). The molecule has 0 saturated heterocycles. The molecular formula is C28H52O2. The molecule has 0 spiro atoms. The van der Waals surface area contributed by atoms with E-state index in [1.165, 1.54) is 116 Å². The lowest BCUT2D eigenvalue weighted by atomic mass is 9.86. The van der Waals surface area contributed by atoms with Gasteiger partial charge in [0.2, 0.25) is 6.29 Å². The van der Waals surface area contributed by atoms with Crippen molar-refractivity contribution >= 4 is 6.29 Å². The van der Waals surface area contributed by atoms with Crippen molar-refractivity contribution in [1.82, 2.24) is 0 Å². The Morgan fingerprint density at radius 1 is 0.767 bits per heavy atom. The van der Waals surface area contributed by atoms with Gasteiger partial charge >= 0.3 is 0 Å². The van der Waals surface area contributed by atoms with Crippen LogP contribution in [0.2, 0.25) is 0 Å². The first kappa shape index (κ1) is 27.7. The highest BCUT2D eigenvalue weighted by atomic mass is 16.5. The highest BCUT2D eigenvalue weighted by molar-refractivity contribution is 5.54. The summed E-state index contributed by atoms with van der Waals surface area (Å²) in [6.45, 7) is 5.48. The maximum Gasteiger partial charge on any atom is 0.201 e. The monoisotopic (exact) mass is 420 g/mol. The van der Waals surface area contributed by atoms with Crippen molar-refractivity contribution in [3.63, 3.8) is 0 Å². The van der Waals surface area contributed by atoms with E-state index in [1.54, 1.807) is 0 Å². The van der Waals surface area contributed by atoms with Crippen LogP contribution in [0.4, 0.5) is 0 Å². The van der Waals surface area contributed by atoms with Gasteiger partial charge in [-0.05, 0) is 63.7 Å². The molecule has 1 saturated carbocycles. The smallest absolute Gasteiger partial charge is 0.201 e. The largest absolute Gasteiger partial charge is 0.378 e. The van der Waals surface area contributed by atoms with E-state index in [0.717, 1.165) is 25.4 Å². The van der Waals surface area contributed by atoms with E-state index in [1.807, 2.05) is 0 Å². The Bertz CT molecular complexity index is 362. The second kappa shape index (κ2) is 20.5. The average molecular weight is 421 g/mol. The summed E-state index contributed by atoms with van der Waals surface area (Å²) < 4.78 is 6.07. The van der Waals surface area contributed by atoms with Crippen molar-refractivity contribution in [2.75, 3.05) is 6.61 Å². The summed E-state index contributed by atoms with van der Waals surface area (Å²) in [5, 5.41) is 0. The first-order valence-electron chi connectivity index (χ1n) is 13.6. The number of rotatable bonds is 21. The molecule has 2 unspecified atom stereocenters. The zero-order valence-electron chi connectivity index (χ0n) is 20.5. The third-order valence-corrected chi connectivity index (χ3v) is 6.96. The number of ether oxygens (including phenoxy) is 1. The predicted octanol–water partition coefficient (Wildman–Crippen LogP) is 8.77. The van der Waals surface area contributed by atoms with E-state index in [0.29, 0.717) is 6.10 Å². The minimum atomic E-state index is 0.182. The number of carbonyl (C=O) groups excluding carboxylic acids is 1. The van der Waals surface area contributed by atoms with E-state index < -0.39 is 0 Å². The first-order valence-corrected chi connectivity index (χ1v) is 13.6. The SMILES string of the molecule is CCCCCCC([C]=O)CCC(CCCCCC)CCCCCOC1CC[CH]CC1. The highest BCUT2D eigenvalue weighted by Crippen LogP contribution is 2.26. The van der Waals surface area contributed by atoms with Crippen LogP contribution in [-0.2, 0) is 9.53 Å². The Balaban J connectivity index is 2.20. The maximum atomic E-state index is 11.4. The number of hydrogen-bond acceptors (Lipinski definition) is 2. The Labute approximate surface area is 189 Å². The molecule has 176 valence electrons. The minimum Gasteiger partial charge on any atom is -0.378 e. The third-order valence-electron chi connectivity index (χ3n) is 6.96. The fourth-order valence-electron chi connectivity index (χ4n) is 4.83. The van der Waals surface area contributed by atoms with Gasteiger partial charge in [0.05, 0.1) is 6.10 Å². The highest BCUT2D eigenvalue weighted by Gasteiger charge is 2.15. The van der Waals surface area contributed by atoms with Crippen molar-refractivity contribution in [3.8, 4) is 0 Å². The van der Waals surface area contributed by atoms with Crippen molar-refractivity contribution in [2.24, 2.45) is 11.8 Å². The predicted molar refractivity (Wildman–Crippen MR) is 130 cm³/mol. The van der Waals surface area contributed by atoms with Crippen molar-refractivity contribution < 1.29 is 9.53 Å². The molecule has 0 aromatic rings. The number of hydrogen-bond donors (Lipinski definition) is 0. The van der Waals surface area contributed by atoms with Crippen LogP contribution in [0.3, 0.4) is 0 Å². The van der Waals surface area contributed by atoms with Gasteiger partial charge in [-0.1, -0.05) is 90.9 Å². The molecule has 0 heterocycles. The molecule has 0 amide bonds. The lowest BCUT2D eigenvalue weighted by Gasteiger charge is -2.22. The number of unbranched alkanes of at least 4 members (excludes halogenated alkanes) is 8. The molecule has 2 atom stereocenters. The van der Waals surface area contributed by atoms with Crippen LogP contribution in [0.25, 0.3) is 0 Å². The van der Waals surface area contributed by atoms with E-state index in [2.05, 4.69) is 26.6 Å². The summed E-state index contributed by atoms with van der Waals surface area (Å²) in [5.74, 6) is 0.990. The zero-order chi connectivity index (χ0) is 21.7. The van der Waals surface area contributed by atoms with Gasteiger partial charge in [0.25, 0.3) is 0 Å². The summed E-state index contributed by atoms with van der Waals surface area (Å²) in [5.41, 5.74) is 0. The molecule has 0 aromatic heterocycles. The van der Waals surface area contributed by atoms with Gasteiger partial charge in [-0.2, -0.15) is 0 Å². The molecule has 2 heteroatoms. The Kier molecular flexibility index (Phi) is 18.9. The lowest BCUT2D eigenvalue weighted by molar-refractivity contribution is 0.0324. The fraction of sp³-hybridized carbons (Fsp3) is 0.929. The average Bonchev–Trinajstić information content (AvgIpc) is 2.78. The molecule has 30 heavy (non-hydrogen) atoms. The van der Waals surface area contributed by atoms with Gasteiger partial charge < -0.3 is 4.74 Å². The van der Waals surface area contributed by atoms with Gasteiger partial charge in [-0.15, -0.1) is 0 Å². The van der Waals surface area contributed by atoms with Gasteiger partial charge in [0, 0.05) is 12.5 Å². The van der Waals surface area contributed by atoms with Gasteiger partial charge in [0.15, 0.2) is 0 Å². The minimum absolute atomic E-state index is 0.182. The summed E-state index contributed by atoms with van der Waals surface area (Å²) >= 11 is 0. The van der Waals surface area contributed by atoms with Crippen molar-refractivity contribution in [1.29, 1.82) is 0 Å². The van der Waals surface area contributed by atoms with Crippen molar-refractivity contribution in [3.05, 3.63) is 6.42 Å². The standard InChI is InChI=1S/C28H52O2/c1-3-5-7-11-17-26(22-23-27(25-29)19-12-8-6-4-2)18-13-10-16-24-30-28-20-14-9-15-21-28/h9,26-28H,3-8,10-24H2,1-2H3. The van der Waals surface area contributed by atoms with Crippen LogP contribution in [0.1, 0.15) is 142 Å². The van der Waals surface area contributed by atoms with Gasteiger partial charge in [-0.3, -0.25) is 4.79 Å². The van der Waals surface area contributed by atoms with Crippen molar-refractivity contribution in [2.45, 2.75) is 148 Å². The van der Waals surface area contributed by atoms with E-state index in [4.69, 9.17) is 4.74 Å². The normalized spacial score (nSPS) is 17.1. The van der Waals surface area contributed by atoms with Crippen LogP contribution >= 0.6 is 0 Å². The van der Waals surface area contributed by atoms with Gasteiger partial charge in [0.1, 0.15) is 0 Å². The Hall–Kier alpha value is -0.370. The first-order chi connectivity index (χ1) is 14.8. The molecule has 0 aliphatic heterocycles. The quantitative estimate of drug-likeness (QED) is 0.173. The molecule has 0 N–H and O–H groups in total. The maximum absolute atomic E-state index is 11.4. The zero-order valence-corrected chi connectivity index (χ0v) is 20.5. The molecular weight excluding hydrogens is 368 g/mol. The van der Waals surface area contributed by atoms with Crippen LogP contribution in [-0.4, -0.2) is 19.0 Å². The topological polar surface area (TPSA) is 26.3 Å². The molecule has 1 aliphatic carbocycles. The Morgan fingerprint density at radius 2 is 1.37 bits per heavy atom. The second-order valence-corrected chi connectivity index (χ2v) is 9.74. The summed E-state index contributed by atoms with van der Waals surface area (Å²) in [6, 6.07) is 0. The lowest BCUT2D eigenvalue weighted by Crippen LogP contribution is -2.17. The van der Waals surface area contributed by atoms with E-state index in [-0.39, 0.29) is 5.92 Å². The Morgan fingerprint density at radius 3 is 1.97 bits per heavy atom. The van der Waals surface area contributed by atoms with Crippen LogP contribution in [0.15, 0.2) is 0 Å². The van der Waals surface area contributed by atoms with E-state index in [9.17, 15) is 4.79 Å². The molecule has 0 bridgehead atoms. The molecule has 0 aromatic carbocycles. The van der Waals surface area contributed by atoms with Crippen LogP contribution < -0.4 is 0 Å². The second-order valence-electron chi connectivity index (χ2n) is 9.74. The van der Waals surface area contributed by atoms with Gasteiger partial charge in [-0.25, -0.2) is 0 Å². The third kappa shape index (κ3) is 15.4. The summed E-state index contributed by atoms with van der Waals surface area (Å²) in [6.07, 6.45) is 30.6. The molecule has 2 radical (unpaired) electrons. The fourth-order valence-corrected chi connectivity index (χ4v) is 4.83. The molecule has 2 nitrogen and oxygen atoms in total. The van der Waals surface area contributed by atoms with E-state index >= 15 is 0 Å². The van der Waals surface area contributed by atoms with Crippen LogP contribution in [0, 0.1) is 18.3 Å². The molecule has 1 aliphatic rings. The summed E-state index contributed by atoms with van der Waals surface area (Å²) in [4.78, 5) is 11.4. The molecule has 1 fully saturated rings. The summed E-state index contributed by atoms with van der Waals surface area (Å²) in [7, 11) is 0.